The molecule has 0 radical (unpaired) electrons. The molecule has 0 bridgehead atoms. The van der Waals surface area contributed by atoms with E-state index in [1.165, 1.54) is 0 Å². The van der Waals surface area contributed by atoms with Gasteiger partial charge in [0.2, 0.25) is 5.95 Å². The predicted octanol–water partition coefficient (Wildman–Crippen LogP) is 3.02. The summed E-state index contributed by atoms with van der Waals surface area (Å²) < 4.78 is 13.5. The van der Waals surface area contributed by atoms with Crippen molar-refractivity contribution in [2.45, 2.75) is 26.7 Å². The molecule has 0 fully saturated rings. The third-order valence-electron chi connectivity index (χ3n) is 2.69. The first-order chi connectivity index (χ1) is 8.15. The summed E-state index contributed by atoms with van der Waals surface area (Å²) in [6.45, 7) is 3.79. The Morgan fingerprint density at radius 3 is 2.53 bits per heavy atom. The normalized spacial score (nSPS) is 10.5. The summed E-state index contributed by atoms with van der Waals surface area (Å²) in [7, 11) is 0. The Kier molecular flexibility index (Phi) is 3.47. The van der Waals surface area contributed by atoms with Gasteiger partial charge in [0.15, 0.2) is 0 Å². The first-order valence-electron chi connectivity index (χ1n) is 5.69. The molecule has 0 N–H and O–H groups in total. The zero-order chi connectivity index (χ0) is 12.3. The van der Waals surface area contributed by atoms with Crippen LogP contribution >= 0.6 is 0 Å². The van der Waals surface area contributed by atoms with Gasteiger partial charge in [-0.3, -0.25) is 4.98 Å². The minimum atomic E-state index is -0.364. The van der Waals surface area contributed by atoms with Crippen molar-refractivity contribution in [3.63, 3.8) is 0 Å². The Morgan fingerprint density at radius 2 is 1.88 bits per heavy atom. The number of hydrogen-bond acceptors (Lipinski definition) is 2. The van der Waals surface area contributed by atoms with Crippen molar-refractivity contribution >= 4 is 0 Å². The lowest BCUT2D eigenvalue weighted by Crippen LogP contribution is -1.99. The van der Waals surface area contributed by atoms with E-state index in [1.807, 2.05) is 31.3 Å². The van der Waals surface area contributed by atoms with Gasteiger partial charge in [-0.05, 0) is 44.4 Å². The largest absolute Gasteiger partial charge is 0.261 e. The second-order valence-electron chi connectivity index (χ2n) is 4.23. The minimum Gasteiger partial charge on any atom is -0.261 e. The van der Waals surface area contributed by atoms with Gasteiger partial charge < -0.3 is 0 Å². The highest BCUT2D eigenvalue weighted by Crippen LogP contribution is 2.10. The molecule has 2 aromatic heterocycles. The van der Waals surface area contributed by atoms with Gasteiger partial charge in [-0.25, -0.2) is 4.98 Å². The minimum absolute atomic E-state index is 0.364. The first-order valence-corrected chi connectivity index (χ1v) is 5.69. The fourth-order valence-corrected chi connectivity index (χ4v) is 1.65. The number of nitrogens with zero attached hydrogens (tertiary/aromatic N) is 2. The van der Waals surface area contributed by atoms with Gasteiger partial charge in [0.05, 0.1) is 0 Å². The molecule has 0 aromatic carbocycles. The summed E-state index contributed by atoms with van der Waals surface area (Å²) in [6, 6.07) is 7.63. The van der Waals surface area contributed by atoms with Gasteiger partial charge in [-0.2, -0.15) is 4.39 Å². The fourth-order valence-electron chi connectivity index (χ4n) is 1.65. The van der Waals surface area contributed by atoms with E-state index in [2.05, 4.69) is 9.97 Å². The van der Waals surface area contributed by atoms with Crippen LogP contribution in [0.25, 0.3) is 0 Å². The summed E-state index contributed by atoms with van der Waals surface area (Å²) in [6.07, 6.45) is 3.20. The lowest BCUT2D eigenvalue weighted by Gasteiger charge is -2.03. The van der Waals surface area contributed by atoms with Crippen LogP contribution in [0, 0.1) is 19.8 Å². The topological polar surface area (TPSA) is 25.8 Å². The van der Waals surface area contributed by atoms with E-state index < -0.39 is 0 Å². The van der Waals surface area contributed by atoms with Crippen LogP contribution < -0.4 is 0 Å². The average Bonchev–Trinajstić information content (AvgIpc) is 2.30. The fraction of sp³-hybridized carbons (Fsp3) is 0.286. The highest BCUT2D eigenvalue weighted by atomic mass is 19.1. The maximum absolute atomic E-state index is 13.5. The van der Waals surface area contributed by atoms with Crippen molar-refractivity contribution in [1.29, 1.82) is 0 Å². The number of aromatic nitrogens is 2. The van der Waals surface area contributed by atoms with Crippen LogP contribution in [0.2, 0.25) is 0 Å². The molecular weight excluding hydrogens is 215 g/mol. The molecule has 2 nitrogen and oxygen atoms in total. The zero-order valence-corrected chi connectivity index (χ0v) is 10.1. The molecule has 2 aromatic rings. The van der Waals surface area contributed by atoms with Crippen LogP contribution in [0.4, 0.5) is 4.39 Å². The van der Waals surface area contributed by atoms with Gasteiger partial charge in [-0.1, -0.05) is 12.1 Å². The van der Waals surface area contributed by atoms with E-state index >= 15 is 0 Å². The van der Waals surface area contributed by atoms with Crippen LogP contribution in [0.15, 0.2) is 30.5 Å². The number of hydrogen-bond donors (Lipinski definition) is 0. The average molecular weight is 230 g/mol. The van der Waals surface area contributed by atoms with E-state index in [1.54, 1.807) is 13.0 Å². The van der Waals surface area contributed by atoms with E-state index in [0.29, 0.717) is 17.7 Å². The van der Waals surface area contributed by atoms with Crippen LogP contribution in [0.1, 0.15) is 22.5 Å². The molecule has 0 unspecified atom stereocenters. The molecule has 0 aliphatic carbocycles. The summed E-state index contributed by atoms with van der Waals surface area (Å²) >= 11 is 0. The molecule has 0 spiro atoms. The van der Waals surface area contributed by atoms with Gasteiger partial charge in [-0.15, -0.1) is 0 Å². The monoisotopic (exact) mass is 230 g/mol. The Balaban J connectivity index is 2.04. The van der Waals surface area contributed by atoms with Crippen molar-refractivity contribution in [3.05, 3.63) is 58.9 Å². The van der Waals surface area contributed by atoms with Gasteiger partial charge in [0, 0.05) is 23.1 Å². The second kappa shape index (κ2) is 5.04. The quantitative estimate of drug-likeness (QED) is 0.757. The molecule has 0 amide bonds. The van der Waals surface area contributed by atoms with Gasteiger partial charge in [0.25, 0.3) is 0 Å². The smallest absolute Gasteiger partial charge is 0.216 e. The standard InChI is InChI=1S/C14H15FN2/c1-10-3-7-13(16-9-10)8-6-12-5-4-11(2)17-14(12)15/h3-5,7,9H,6,8H2,1-2H3. The second-order valence-corrected chi connectivity index (χ2v) is 4.23. The molecule has 2 heterocycles. The van der Waals surface area contributed by atoms with Crippen molar-refractivity contribution < 1.29 is 4.39 Å². The highest BCUT2D eigenvalue weighted by Gasteiger charge is 2.04. The summed E-state index contributed by atoms with van der Waals surface area (Å²) in [5.41, 5.74) is 3.48. The summed E-state index contributed by atoms with van der Waals surface area (Å²) in [5, 5.41) is 0. The Morgan fingerprint density at radius 1 is 1.06 bits per heavy atom. The first kappa shape index (κ1) is 11.7. The van der Waals surface area contributed by atoms with Crippen molar-refractivity contribution in [2.75, 3.05) is 0 Å². The molecule has 0 atom stereocenters. The summed E-state index contributed by atoms with van der Waals surface area (Å²) in [5.74, 6) is -0.364. The molecule has 3 heteroatoms. The third kappa shape index (κ3) is 3.09. The molecule has 2 rings (SSSR count). The SMILES string of the molecule is Cc1ccc(CCc2ccc(C)nc2F)nc1. The lowest BCUT2D eigenvalue weighted by molar-refractivity contribution is 0.561. The Hall–Kier alpha value is -1.77. The van der Waals surface area contributed by atoms with E-state index in [0.717, 1.165) is 17.7 Å². The molecule has 17 heavy (non-hydrogen) atoms. The Labute approximate surface area is 101 Å². The number of halogens is 1. The molecule has 0 aliphatic rings. The maximum atomic E-state index is 13.5. The van der Waals surface area contributed by atoms with Crippen LogP contribution in [-0.4, -0.2) is 9.97 Å². The van der Waals surface area contributed by atoms with Crippen LogP contribution in [0.5, 0.6) is 0 Å². The predicted molar refractivity (Wildman–Crippen MR) is 65.3 cm³/mol. The molecule has 0 saturated carbocycles. The highest BCUT2D eigenvalue weighted by molar-refractivity contribution is 5.18. The van der Waals surface area contributed by atoms with E-state index in [-0.39, 0.29) is 5.95 Å². The van der Waals surface area contributed by atoms with E-state index in [4.69, 9.17) is 0 Å². The Bertz CT molecular complexity index is 506. The van der Waals surface area contributed by atoms with Crippen molar-refractivity contribution in [2.24, 2.45) is 0 Å². The van der Waals surface area contributed by atoms with Crippen molar-refractivity contribution in [3.8, 4) is 0 Å². The molecule has 88 valence electrons. The zero-order valence-electron chi connectivity index (χ0n) is 10.1. The lowest BCUT2D eigenvalue weighted by atomic mass is 10.1. The number of aryl methyl sites for hydroxylation is 4. The summed E-state index contributed by atoms with van der Waals surface area (Å²) in [4.78, 5) is 8.11. The van der Waals surface area contributed by atoms with Gasteiger partial charge in [0.1, 0.15) is 0 Å². The van der Waals surface area contributed by atoms with Crippen molar-refractivity contribution in [1.82, 2.24) is 9.97 Å². The van der Waals surface area contributed by atoms with Crippen LogP contribution in [-0.2, 0) is 12.8 Å². The molecular formula is C14H15FN2. The number of pyridine rings is 2. The number of rotatable bonds is 3. The molecule has 0 aliphatic heterocycles. The van der Waals surface area contributed by atoms with E-state index in [9.17, 15) is 4.39 Å². The third-order valence-corrected chi connectivity index (χ3v) is 2.69. The van der Waals surface area contributed by atoms with Gasteiger partial charge >= 0.3 is 0 Å². The molecule has 0 saturated heterocycles. The van der Waals surface area contributed by atoms with Crippen LogP contribution in [0.3, 0.4) is 0 Å². The maximum Gasteiger partial charge on any atom is 0.216 e.